The van der Waals surface area contributed by atoms with E-state index in [1.54, 1.807) is 21.9 Å². The molecule has 2 aliphatic rings. The molecular formula is C18H25ClN4O2. The second kappa shape index (κ2) is 7.62. The highest BCUT2D eigenvalue weighted by Gasteiger charge is 2.33. The first kappa shape index (κ1) is 18.0. The number of halogens is 1. The van der Waals surface area contributed by atoms with E-state index in [1.807, 2.05) is 19.2 Å². The van der Waals surface area contributed by atoms with E-state index in [2.05, 4.69) is 17.3 Å². The first-order valence-electron chi connectivity index (χ1n) is 8.72. The Bertz CT molecular complexity index is 628. The summed E-state index contributed by atoms with van der Waals surface area (Å²) in [6.45, 7) is 2.51. The molecule has 25 heavy (non-hydrogen) atoms. The summed E-state index contributed by atoms with van der Waals surface area (Å²) < 4.78 is 0. The number of nitrogens with zero attached hydrogens (tertiary/aromatic N) is 3. The van der Waals surface area contributed by atoms with E-state index in [1.165, 1.54) is 0 Å². The molecule has 6 nitrogen and oxygen atoms in total. The second-order valence-corrected chi connectivity index (χ2v) is 7.41. The van der Waals surface area contributed by atoms with E-state index in [4.69, 9.17) is 11.6 Å². The molecule has 2 saturated heterocycles. The largest absolute Gasteiger partial charge is 0.333 e. The number of amides is 3. The van der Waals surface area contributed by atoms with Crippen molar-refractivity contribution in [3.05, 3.63) is 29.3 Å². The van der Waals surface area contributed by atoms with Crippen LogP contribution in [0.2, 0.25) is 5.02 Å². The number of piperidine rings is 1. The number of likely N-dealkylation sites (tertiary alicyclic amines) is 1. The van der Waals surface area contributed by atoms with Gasteiger partial charge in [-0.15, -0.1) is 0 Å². The van der Waals surface area contributed by atoms with Gasteiger partial charge in [0.25, 0.3) is 0 Å². The topological polar surface area (TPSA) is 55.9 Å². The van der Waals surface area contributed by atoms with Crippen molar-refractivity contribution in [2.24, 2.45) is 0 Å². The van der Waals surface area contributed by atoms with Gasteiger partial charge in [-0.2, -0.15) is 0 Å². The van der Waals surface area contributed by atoms with Crippen LogP contribution < -0.4 is 10.2 Å². The van der Waals surface area contributed by atoms with Crippen LogP contribution in [0.3, 0.4) is 0 Å². The van der Waals surface area contributed by atoms with Crippen LogP contribution in [-0.2, 0) is 4.79 Å². The van der Waals surface area contributed by atoms with Crippen LogP contribution in [0.4, 0.5) is 10.5 Å². The van der Waals surface area contributed by atoms with Crippen molar-refractivity contribution in [2.75, 3.05) is 38.6 Å². The van der Waals surface area contributed by atoms with E-state index in [0.717, 1.165) is 31.6 Å². The van der Waals surface area contributed by atoms with Crippen molar-refractivity contribution < 1.29 is 9.59 Å². The lowest BCUT2D eigenvalue weighted by atomic mass is 10.0. The van der Waals surface area contributed by atoms with Crippen LogP contribution in [0.5, 0.6) is 0 Å². The maximum atomic E-state index is 12.5. The molecule has 0 aromatic heterocycles. The highest BCUT2D eigenvalue weighted by molar-refractivity contribution is 6.30. The van der Waals surface area contributed by atoms with Crippen LogP contribution in [0.15, 0.2) is 24.3 Å². The Labute approximate surface area is 153 Å². The van der Waals surface area contributed by atoms with Crippen LogP contribution >= 0.6 is 11.6 Å². The molecule has 0 radical (unpaired) electrons. The third kappa shape index (κ3) is 4.25. The third-order valence-corrected chi connectivity index (χ3v) is 5.40. The Balaban J connectivity index is 1.55. The fourth-order valence-corrected chi connectivity index (χ4v) is 3.63. The first-order chi connectivity index (χ1) is 11.9. The molecule has 1 aromatic carbocycles. The average Bonchev–Trinajstić information content (AvgIpc) is 2.96. The maximum absolute atomic E-state index is 12.5. The van der Waals surface area contributed by atoms with Crippen molar-refractivity contribution in [2.45, 2.75) is 31.3 Å². The average molecular weight is 365 g/mol. The molecule has 0 saturated carbocycles. The smallest absolute Gasteiger partial charge is 0.317 e. The Kier molecular flexibility index (Phi) is 5.49. The van der Waals surface area contributed by atoms with E-state index in [0.29, 0.717) is 18.0 Å². The van der Waals surface area contributed by atoms with Crippen LogP contribution in [0.1, 0.15) is 19.3 Å². The molecule has 0 unspecified atom stereocenters. The number of hydrogen-bond acceptors (Lipinski definition) is 3. The summed E-state index contributed by atoms with van der Waals surface area (Å²) in [6, 6.07) is 7.20. The predicted octanol–water partition coefficient (Wildman–Crippen LogP) is 2.18. The fraction of sp³-hybridized carbons (Fsp3) is 0.556. The van der Waals surface area contributed by atoms with E-state index >= 15 is 0 Å². The summed E-state index contributed by atoms with van der Waals surface area (Å²) in [5.41, 5.74) is 0.815. The molecule has 1 N–H and O–H groups in total. The second-order valence-electron chi connectivity index (χ2n) is 6.98. The monoisotopic (exact) mass is 364 g/mol. The van der Waals surface area contributed by atoms with Crippen molar-refractivity contribution in [1.29, 1.82) is 0 Å². The van der Waals surface area contributed by atoms with Crippen LogP contribution in [0, 0.1) is 0 Å². The molecule has 1 aromatic rings. The summed E-state index contributed by atoms with van der Waals surface area (Å²) in [7, 11) is 3.95. The zero-order valence-corrected chi connectivity index (χ0v) is 15.5. The van der Waals surface area contributed by atoms with Gasteiger partial charge in [-0.25, -0.2) is 4.79 Å². The zero-order valence-electron chi connectivity index (χ0n) is 14.7. The van der Waals surface area contributed by atoms with Gasteiger partial charge in [-0.1, -0.05) is 11.6 Å². The molecule has 136 valence electrons. The van der Waals surface area contributed by atoms with Gasteiger partial charge in [0.1, 0.15) is 0 Å². The van der Waals surface area contributed by atoms with E-state index < -0.39 is 0 Å². The van der Waals surface area contributed by atoms with Gasteiger partial charge in [0, 0.05) is 36.8 Å². The summed E-state index contributed by atoms with van der Waals surface area (Å²) >= 11 is 5.90. The lowest BCUT2D eigenvalue weighted by Crippen LogP contribution is -2.50. The van der Waals surface area contributed by atoms with Gasteiger partial charge < -0.3 is 20.0 Å². The molecule has 3 amide bonds. The van der Waals surface area contributed by atoms with Crippen molar-refractivity contribution in [3.8, 4) is 0 Å². The van der Waals surface area contributed by atoms with Crippen molar-refractivity contribution in [1.82, 2.24) is 15.1 Å². The van der Waals surface area contributed by atoms with Crippen molar-refractivity contribution in [3.63, 3.8) is 0 Å². The number of urea groups is 1. The Morgan fingerprint density at radius 1 is 1.24 bits per heavy atom. The normalized spacial score (nSPS) is 22.3. The number of anilines is 1. The van der Waals surface area contributed by atoms with Crippen molar-refractivity contribution >= 4 is 29.2 Å². The quantitative estimate of drug-likeness (QED) is 0.894. The summed E-state index contributed by atoms with van der Waals surface area (Å²) in [5, 5.41) is 3.65. The number of benzene rings is 1. The summed E-state index contributed by atoms with van der Waals surface area (Å²) in [4.78, 5) is 30.6. The number of nitrogens with one attached hydrogen (secondary N) is 1. The molecule has 0 bridgehead atoms. The molecule has 0 spiro atoms. The van der Waals surface area contributed by atoms with Gasteiger partial charge in [-0.05, 0) is 57.2 Å². The van der Waals surface area contributed by atoms with E-state index in [9.17, 15) is 9.59 Å². The Hall–Kier alpha value is -1.79. The molecule has 2 heterocycles. The Morgan fingerprint density at radius 3 is 2.52 bits per heavy atom. The molecular weight excluding hydrogens is 340 g/mol. The molecule has 7 heteroatoms. The standard InChI is InChI=1S/C18H25ClN4O2/c1-21-9-7-15(8-10-21)22(2)18(25)20-14-11-17(24)23(12-14)16-5-3-13(19)4-6-16/h3-6,14-15H,7-12H2,1-2H3,(H,20,25)/t14-/m1/s1. The van der Waals surface area contributed by atoms with Crippen LogP contribution in [0.25, 0.3) is 0 Å². The maximum Gasteiger partial charge on any atom is 0.317 e. The van der Waals surface area contributed by atoms with E-state index in [-0.39, 0.29) is 24.0 Å². The minimum Gasteiger partial charge on any atom is -0.333 e. The van der Waals surface area contributed by atoms with Gasteiger partial charge in [-0.3, -0.25) is 4.79 Å². The van der Waals surface area contributed by atoms with Gasteiger partial charge in [0.2, 0.25) is 5.91 Å². The van der Waals surface area contributed by atoms with Gasteiger partial charge >= 0.3 is 6.03 Å². The predicted molar refractivity (Wildman–Crippen MR) is 99.0 cm³/mol. The SMILES string of the molecule is CN1CCC(N(C)C(=O)N[C@@H]2CC(=O)N(c3ccc(Cl)cc3)C2)CC1. The molecule has 2 aliphatic heterocycles. The number of carbonyl (C=O) groups is 2. The minimum absolute atomic E-state index is 0.0227. The highest BCUT2D eigenvalue weighted by Crippen LogP contribution is 2.23. The fourth-order valence-electron chi connectivity index (χ4n) is 3.50. The number of rotatable bonds is 3. The molecule has 0 aliphatic carbocycles. The lowest BCUT2D eigenvalue weighted by Gasteiger charge is -2.35. The number of hydrogen-bond donors (Lipinski definition) is 1. The van der Waals surface area contributed by atoms with Gasteiger partial charge in [0.15, 0.2) is 0 Å². The molecule has 1 atom stereocenters. The molecule has 2 fully saturated rings. The first-order valence-corrected chi connectivity index (χ1v) is 9.09. The number of carbonyl (C=O) groups excluding carboxylic acids is 2. The summed E-state index contributed by atoms with van der Waals surface area (Å²) in [6.07, 6.45) is 2.30. The third-order valence-electron chi connectivity index (χ3n) is 5.15. The summed E-state index contributed by atoms with van der Waals surface area (Å²) in [5.74, 6) is 0.0227. The Morgan fingerprint density at radius 2 is 1.88 bits per heavy atom. The van der Waals surface area contributed by atoms with Gasteiger partial charge in [0.05, 0.1) is 6.04 Å². The lowest BCUT2D eigenvalue weighted by molar-refractivity contribution is -0.117. The minimum atomic E-state index is -0.163. The van der Waals surface area contributed by atoms with Crippen LogP contribution in [-0.4, -0.2) is 67.6 Å². The zero-order chi connectivity index (χ0) is 18.0. The molecule has 3 rings (SSSR count). The highest BCUT2D eigenvalue weighted by atomic mass is 35.5.